The van der Waals surface area contributed by atoms with Crippen molar-refractivity contribution in [3.63, 3.8) is 0 Å². The quantitative estimate of drug-likeness (QED) is 0.395. The van der Waals surface area contributed by atoms with Crippen LogP contribution in [0.15, 0.2) is 60.0 Å². The van der Waals surface area contributed by atoms with Crippen LogP contribution in [0.3, 0.4) is 0 Å². The van der Waals surface area contributed by atoms with Gasteiger partial charge in [0.2, 0.25) is 5.91 Å². The van der Waals surface area contributed by atoms with Crippen LogP contribution in [-0.4, -0.2) is 26.6 Å². The van der Waals surface area contributed by atoms with Crippen molar-refractivity contribution in [3.8, 4) is 5.69 Å². The summed E-state index contributed by atoms with van der Waals surface area (Å²) in [5.41, 5.74) is 5.78. The third kappa shape index (κ3) is 4.63. The van der Waals surface area contributed by atoms with Gasteiger partial charge in [0.25, 0.3) is 0 Å². The van der Waals surface area contributed by atoms with Gasteiger partial charge in [0.15, 0.2) is 5.69 Å². The molecule has 1 aliphatic rings. The first-order valence-electron chi connectivity index (χ1n) is 11.2. The van der Waals surface area contributed by atoms with E-state index in [9.17, 15) is 9.59 Å². The van der Waals surface area contributed by atoms with Gasteiger partial charge in [-0.1, -0.05) is 36.4 Å². The van der Waals surface area contributed by atoms with Gasteiger partial charge in [-0.25, -0.2) is 14.5 Å². The summed E-state index contributed by atoms with van der Waals surface area (Å²) in [5, 5.41) is 9.98. The molecule has 0 radical (unpaired) electrons. The third-order valence-corrected chi connectivity index (χ3v) is 6.70. The fourth-order valence-corrected chi connectivity index (χ4v) is 4.91. The second-order valence-electron chi connectivity index (χ2n) is 8.22. The molecule has 1 N–H and O–H groups in total. The molecule has 2 aromatic heterocycles. The lowest BCUT2D eigenvalue weighted by Gasteiger charge is -2.06. The minimum atomic E-state index is -0.445. The van der Waals surface area contributed by atoms with Crippen LogP contribution in [0, 0.1) is 6.92 Å². The van der Waals surface area contributed by atoms with Gasteiger partial charge in [-0.3, -0.25) is 4.79 Å². The first-order valence-corrected chi connectivity index (χ1v) is 12.1. The minimum Gasteiger partial charge on any atom is -0.454 e. The smallest absolute Gasteiger partial charge is 0.359 e. The number of rotatable bonds is 7. The SMILES string of the molecule is Cc1ccccc1NC(=O)Cc1nc(COC(=O)c2nn(-c3ccccc3)c3c2CCC3)cs1. The number of benzene rings is 2. The number of thiazole rings is 1. The number of nitrogens with zero attached hydrogens (tertiary/aromatic N) is 3. The van der Waals surface area contributed by atoms with Gasteiger partial charge in [0.05, 0.1) is 17.8 Å². The summed E-state index contributed by atoms with van der Waals surface area (Å²) in [6.07, 6.45) is 2.89. The van der Waals surface area contributed by atoms with Crippen LogP contribution in [0.5, 0.6) is 0 Å². The molecule has 1 amide bonds. The highest BCUT2D eigenvalue weighted by Gasteiger charge is 2.28. The largest absolute Gasteiger partial charge is 0.454 e. The van der Waals surface area contributed by atoms with Gasteiger partial charge in [0.1, 0.15) is 11.6 Å². The molecule has 7 nitrogen and oxygen atoms in total. The van der Waals surface area contributed by atoms with E-state index in [1.165, 1.54) is 11.3 Å². The molecule has 0 unspecified atom stereocenters. The third-order valence-electron chi connectivity index (χ3n) is 5.81. The molecule has 1 aliphatic carbocycles. The molecule has 0 saturated heterocycles. The van der Waals surface area contributed by atoms with Crippen LogP contribution in [0.4, 0.5) is 5.69 Å². The van der Waals surface area contributed by atoms with Crippen LogP contribution >= 0.6 is 11.3 Å². The number of aromatic nitrogens is 3. The molecule has 0 saturated carbocycles. The van der Waals surface area contributed by atoms with Crippen LogP contribution < -0.4 is 5.32 Å². The number of para-hydroxylation sites is 2. The Morgan fingerprint density at radius 1 is 1.09 bits per heavy atom. The van der Waals surface area contributed by atoms with Crippen molar-refractivity contribution in [1.82, 2.24) is 14.8 Å². The number of hydrogen-bond donors (Lipinski definition) is 1. The van der Waals surface area contributed by atoms with E-state index in [1.807, 2.05) is 71.6 Å². The summed E-state index contributed by atoms with van der Waals surface area (Å²) in [5.74, 6) is -0.575. The Hall–Kier alpha value is -3.78. The Kier molecular flexibility index (Phi) is 6.22. The lowest BCUT2D eigenvalue weighted by atomic mass is 10.2. The topological polar surface area (TPSA) is 86.1 Å². The van der Waals surface area contributed by atoms with Crippen LogP contribution in [0.2, 0.25) is 0 Å². The number of fused-ring (bicyclic) bond motifs is 1. The predicted octanol–water partition coefficient (Wildman–Crippen LogP) is 4.66. The zero-order valence-corrected chi connectivity index (χ0v) is 19.6. The van der Waals surface area contributed by atoms with Crippen molar-refractivity contribution in [2.75, 3.05) is 5.32 Å². The number of esters is 1. The molecular formula is C26H24N4O3S. The maximum atomic E-state index is 12.9. The first kappa shape index (κ1) is 22.0. The van der Waals surface area contributed by atoms with E-state index >= 15 is 0 Å². The monoisotopic (exact) mass is 472 g/mol. The number of carbonyl (C=O) groups is 2. The molecule has 0 aliphatic heterocycles. The Morgan fingerprint density at radius 2 is 1.88 bits per heavy atom. The molecule has 2 aromatic carbocycles. The van der Waals surface area contributed by atoms with Gasteiger partial charge >= 0.3 is 5.97 Å². The Labute approximate surface area is 201 Å². The number of ether oxygens (including phenoxy) is 1. The van der Waals surface area contributed by atoms with Crippen molar-refractivity contribution < 1.29 is 14.3 Å². The van der Waals surface area contributed by atoms with Crippen molar-refractivity contribution in [2.24, 2.45) is 0 Å². The van der Waals surface area contributed by atoms with E-state index in [0.717, 1.165) is 47.5 Å². The number of aryl methyl sites for hydroxylation is 1. The molecule has 4 aromatic rings. The second kappa shape index (κ2) is 9.61. The Morgan fingerprint density at radius 3 is 2.71 bits per heavy atom. The van der Waals surface area contributed by atoms with Crippen molar-refractivity contribution >= 4 is 28.9 Å². The van der Waals surface area contributed by atoms with E-state index in [0.29, 0.717) is 16.4 Å². The summed E-state index contributed by atoms with van der Waals surface area (Å²) < 4.78 is 7.40. The predicted molar refractivity (Wildman–Crippen MR) is 130 cm³/mol. The van der Waals surface area contributed by atoms with Crippen LogP contribution in [-0.2, 0) is 35.4 Å². The molecule has 0 spiro atoms. The summed E-state index contributed by atoms with van der Waals surface area (Å²) >= 11 is 1.38. The lowest BCUT2D eigenvalue weighted by molar-refractivity contribution is -0.115. The summed E-state index contributed by atoms with van der Waals surface area (Å²) in [7, 11) is 0. The van der Waals surface area contributed by atoms with Gasteiger partial charge in [0, 0.05) is 22.3 Å². The molecule has 0 bridgehead atoms. The number of carbonyl (C=O) groups excluding carboxylic acids is 2. The van der Waals surface area contributed by atoms with E-state index in [2.05, 4.69) is 15.4 Å². The average Bonchev–Trinajstić information content (AvgIpc) is 3.57. The first-order chi connectivity index (χ1) is 16.6. The summed E-state index contributed by atoms with van der Waals surface area (Å²) in [4.78, 5) is 29.7. The molecule has 8 heteroatoms. The second-order valence-corrected chi connectivity index (χ2v) is 9.17. The normalized spacial score (nSPS) is 12.4. The van der Waals surface area contributed by atoms with E-state index < -0.39 is 5.97 Å². The molecule has 0 fully saturated rings. The maximum Gasteiger partial charge on any atom is 0.359 e. The zero-order valence-electron chi connectivity index (χ0n) is 18.8. The van der Waals surface area contributed by atoms with E-state index in [-0.39, 0.29) is 18.9 Å². The zero-order chi connectivity index (χ0) is 23.5. The van der Waals surface area contributed by atoms with Crippen molar-refractivity contribution in [1.29, 1.82) is 0 Å². The van der Waals surface area contributed by atoms with E-state index in [4.69, 9.17) is 4.74 Å². The van der Waals surface area contributed by atoms with E-state index in [1.54, 1.807) is 0 Å². The van der Waals surface area contributed by atoms with Crippen molar-refractivity contribution in [2.45, 2.75) is 39.2 Å². The van der Waals surface area contributed by atoms with Gasteiger partial charge in [-0.05, 0) is 49.9 Å². The fraction of sp³-hybridized carbons (Fsp3) is 0.231. The number of anilines is 1. The molecule has 34 heavy (non-hydrogen) atoms. The summed E-state index contributed by atoms with van der Waals surface area (Å²) in [6, 6.07) is 17.5. The Balaban J connectivity index is 1.22. The molecular weight excluding hydrogens is 448 g/mol. The molecule has 5 rings (SSSR count). The highest BCUT2D eigenvalue weighted by Crippen LogP contribution is 2.28. The molecule has 0 atom stereocenters. The standard InChI is InChI=1S/C26H24N4O3S/c1-17-8-5-6-12-21(17)28-23(31)14-24-27-18(16-34-24)15-33-26(32)25-20-11-7-13-22(20)30(29-25)19-9-3-2-4-10-19/h2-6,8-10,12,16H,7,11,13-15H2,1H3,(H,28,31). The Bertz CT molecular complexity index is 1340. The molecule has 172 valence electrons. The lowest BCUT2D eigenvalue weighted by Crippen LogP contribution is -2.15. The average molecular weight is 473 g/mol. The number of hydrogen-bond acceptors (Lipinski definition) is 6. The van der Waals surface area contributed by atoms with Crippen molar-refractivity contribution in [3.05, 3.63) is 93.2 Å². The fourth-order valence-electron chi connectivity index (χ4n) is 4.13. The minimum absolute atomic E-state index is 0.0434. The number of amides is 1. The number of nitrogens with one attached hydrogen (secondary N) is 1. The summed E-state index contributed by atoms with van der Waals surface area (Å²) in [6.45, 7) is 1.99. The maximum absolute atomic E-state index is 12.9. The van der Waals surface area contributed by atoms with Gasteiger partial charge in [-0.15, -0.1) is 11.3 Å². The van der Waals surface area contributed by atoms with Crippen LogP contribution in [0.1, 0.15) is 44.4 Å². The van der Waals surface area contributed by atoms with Crippen LogP contribution in [0.25, 0.3) is 5.69 Å². The highest BCUT2D eigenvalue weighted by atomic mass is 32.1. The highest BCUT2D eigenvalue weighted by molar-refractivity contribution is 7.09. The van der Waals surface area contributed by atoms with Gasteiger partial charge < -0.3 is 10.1 Å². The van der Waals surface area contributed by atoms with Gasteiger partial charge in [-0.2, -0.15) is 5.10 Å². The molecule has 2 heterocycles.